The second-order valence-electron chi connectivity index (χ2n) is 8.93. The molecule has 2 aliphatic heterocycles. The Morgan fingerprint density at radius 1 is 1.08 bits per heavy atom. The zero-order chi connectivity index (χ0) is 26.6. The van der Waals surface area contributed by atoms with E-state index in [0.29, 0.717) is 11.6 Å². The summed E-state index contributed by atoms with van der Waals surface area (Å²) in [5, 5.41) is 0.180. The second-order valence-corrected chi connectivity index (χ2v) is 10.6. The van der Waals surface area contributed by atoms with E-state index in [0.717, 1.165) is 23.7 Å². The number of hydrogen-bond acceptors (Lipinski definition) is 10. The van der Waals surface area contributed by atoms with E-state index in [9.17, 15) is 14.4 Å². The average Bonchev–Trinajstić information content (AvgIpc) is 2.80. The Hall–Kier alpha value is -2.01. The van der Waals surface area contributed by atoms with E-state index < -0.39 is 47.7 Å². The number of fused-ring (bicyclic) bond motifs is 2. The van der Waals surface area contributed by atoms with Gasteiger partial charge in [0.15, 0.2) is 12.2 Å². The first-order valence-corrected chi connectivity index (χ1v) is 13.4. The lowest BCUT2D eigenvalue weighted by Gasteiger charge is -2.52. The Labute approximate surface area is 221 Å². The van der Waals surface area contributed by atoms with Gasteiger partial charge in [0, 0.05) is 43.3 Å². The molecule has 0 bridgehead atoms. The fourth-order valence-corrected chi connectivity index (χ4v) is 6.39. The van der Waals surface area contributed by atoms with E-state index in [1.54, 1.807) is 0 Å². The molecule has 1 unspecified atom stereocenters. The Bertz CT molecular complexity index is 960. The summed E-state index contributed by atoms with van der Waals surface area (Å²) in [6, 6.07) is 5.82. The Morgan fingerprint density at radius 3 is 2.31 bits per heavy atom. The summed E-state index contributed by atoms with van der Waals surface area (Å²) in [6.45, 7) is 12.5. The van der Waals surface area contributed by atoms with Gasteiger partial charge in [0.2, 0.25) is 0 Å². The van der Waals surface area contributed by atoms with Crippen molar-refractivity contribution in [3.05, 3.63) is 23.2 Å². The molecule has 0 saturated carbocycles. The van der Waals surface area contributed by atoms with Crippen molar-refractivity contribution in [1.29, 1.82) is 0 Å². The molecule has 1 aromatic rings. The van der Waals surface area contributed by atoms with Crippen LogP contribution in [-0.2, 0) is 33.3 Å². The summed E-state index contributed by atoms with van der Waals surface area (Å²) in [7, 11) is 0. The molecule has 3 rings (SSSR count). The normalized spacial score (nSPS) is 26.0. The van der Waals surface area contributed by atoms with Gasteiger partial charge in [-0.15, -0.1) is 11.8 Å². The Morgan fingerprint density at radius 2 is 1.72 bits per heavy atom. The van der Waals surface area contributed by atoms with Crippen LogP contribution in [0.25, 0.3) is 0 Å². The maximum Gasteiger partial charge on any atom is 0.303 e. The lowest BCUT2D eigenvalue weighted by atomic mass is 9.98. The second kappa shape index (κ2) is 12.5. The molecule has 0 N–H and O–H groups in total. The van der Waals surface area contributed by atoms with Gasteiger partial charge in [-0.2, -0.15) is 0 Å². The molecule has 200 valence electrons. The predicted octanol–water partition coefficient (Wildman–Crippen LogP) is 3.50. The number of rotatable bonds is 9. The molecule has 0 spiro atoms. The van der Waals surface area contributed by atoms with Crippen molar-refractivity contribution in [3.8, 4) is 0 Å². The molecule has 11 heteroatoms. The summed E-state index contributed by atoms with van der Waals surface area (Å²) in [4.78, 5) is 41.2. The minimum Gasteiger partial charge on any atom is -0.463 e. The molecule has 0 radical (unpaired) electrons. The highest BCUT2D eigenvalue weighted by atomic mass is 35.5. The molecule has 36 heavy (non-hydrogen) atoms. The van der Waals surface area contributed by atoms with Gasteiger partial charge in [0.05, 0.1) is 10.9 Å². The van der Waals surface area contributed by atoms with Crippen LogP contribution in [0.5, 0.6) is 0 Å². The fraction of sp³-hybridized carbons (Fsp3) is 0.640. The average molecular weight is 543 g/mol. The molecule has 1 fully saturated rings. The molecule has 2 aliphatic rings. The minimum absolute atomic E-state index is 0.152. The predicted molar refractivity (Wildman–Crippen MR) is 137 cm³/mol. The van der Waals surface area contributed by atoms with Crippen molar-refractivity contribution in [2.75, 3.05) is 31.1 Å². The Kier molecular flexibility index (Phi) is 9.91. The van der Waals surface area contributed by atoms with E-state index in [1.807, 2.05) is 18.2 Å². The number of carbonyl (C=O) groups excluding carboxylic acids is 3. The molecule has 0 aromatic heterocycles. The zero-order valence-corrected chi connectivity index (χ0v) is 23.1. The third-order valence-electron chi connectivity index (χ3n) is 6.36. The van der Waals surface area contributed by atoms with Crippen LogP contribution < -0.4 is 4.90 Å². The maximum atomic E-state index is 12.2. The highest BCUT2D eigenvalue weighted by molar-refractivity contribution is 8.00. The van der Waals surface area contributed by atoms with E-state index in [-0.39, 0.29) is 12.6 Å². The molecule has 0 amide bonds. The monoisotopic (exact) mass is 542 g/mol. The maximum absolute atomic E-state index is 12.2. The van der Waals surface area contributed by atoms with Crippen LogP contribution in [0.1, 0.15) is 41.5 Å². The fourth-order valence-electron chi connectivity index (χ4n) is 4.81. The van der Waals surface area contributed by atoms with E-state index >= 15 is 0 Å². The van der Waals surface area contributed by atoms with Gasteiger partial charge in [0.1, 0.15) is 18.9 Å². The SMILES string of the molecule is CCN(CC)C(C)CN1c2cc(Cl)ccc2S[C@H]2[C@@H](OC(C)=O)[C@H](OC(C)=O)[C@@H](COC(C)=O)O[C@H]21. The molecular formula is C25H35ClN2O7S. The van der Waals surface area contributed by atoms with Gasteiger partial charge in [-0.25, -0.2) is 0 Å². The van der Waals surface area contributed by atoms with Crippen LogP contribution >= 0.6 is 23.4 Å². The van der Waals surface area contributed by atoms with Crippen molar-refractivity contribution in [2.45, 2.75) is 82.3 Å². The number of ether oxygens (including phenoxy) is 4. The molecular weight excluding hydrogens is 508 g/mol. The lowest BCUT2D eigenvalue weighted by molar-refractivity contribution is -0.212. The summed E-state index contributed by atoms with van der Waals surface area (Å²) < 4.78 is 23.1. The van der Waals surface area contributed by atoms with Gasteiger partial charge >= 0.3 is 17.9 Å². The summed E-state index contributed by atoms with van der Waals surface area (Å²) in [5.74, 6) is -1.55. The van der Waals surface area contributed by atoms with Crippen LogP contribution in [0.2, 0.25) is 5.02 Å². The van der Waals surface area contributed by atoms with Crippen LogP contribution in [0, 0.1) is 0 Å². The van der Waals surface area contributed by atoms with E-state index in [2.05, 4.69) is 30.6 Å². The molecule has 0 aliphatic carbocycles. The largest absolute Gasteiger partial charge is 0.463 e. The van der Waals surface area contributed by atoms with Gasteiger partial charge < -0.3 is 23.8 Å². The van der Waals surface area contributed by atoms with Crippen molar-refractivity contribution in [3.63, 3.8) is 0 Å². The van der Waals surface area contributed by atoms with E-state index in [4.69, 9.17) is 30.5 Å². The molecule has 6 atom stereocenters. The van der Waals surface area contributed by atoms with Crippen molar-refractivity contribution in [1.82, 2.24) is 4.90 Å². The molecule has 9 nitrogen and oxygen atoms in total. The van der Waals surface area contributed by atoms with Crippen molar-refractivity contribution in [2.24, 2.45) is 0 Å². The number of halogens is 1. The summed E-state index contributed by atoms with van der Waals surface area (Å²) in [6.07, 6.45) is -3.17. The third-order valence-corrected chi connectivity index (χ3v) is 7.97. The number of thioether (sulfide) groups is 1. The number of carbonyl (C=O) groups is 3. The zero-order valence-electron chi connectivity index (χ0n) is 21.6. The molecule has 1 aromatic carbocycles. The quantitative estimate of drug-likeness (QED) is 0.341. The standard InChI is InChI=1S/C25H35ClN2O7S/c1-7-27(8-2)14(3)12-28-19-11-18(26)9-10-21(19)36-24-23(34-17(6)31)22(33-16(5)30)20(35-25(24)28)13-32-15(4)29/h9-11,14,20,22-25H,7-8,12-13H2,1-6H3/t14?,20-,22-,23+,24+,25-/m1/s1. The topological polar surface area (TPSA) is 94.6 Å². The van der Waals surface area contributed by atoms with Crippen LogP contribution in [0.15, 0.2) is 23.1 Å². The number of likely N-dealkylation sites (N-methyl/N-ethyl adjacent to an activating group) is 1. The van der Waals surface area contributed by atoms with Gasteiger partial charge in [-0.05, 0) is 38.2 Å². The van der Waals surface area contributed by atoms with Crippen LogP contribution in [0.3, 0.4) is 0 Å². The smallest absolute Gasteiger partial charge is 0.303 e. The van der Waals surface area contributed by atoms with Gasteiger partial charge in [-0.3, -0.25) is 19.3 Å². The number of anilines is 1. The number of hydrogen-bond donors (Lipinski definition) is 0. The number of esters is 3. The van der Waals surface area contributed by atoms with Crippen LogP contribution in [-0.4, -0.2) is 84.9 Å². The summed E-state index contributed by atoms with van der Waals surface area (Å²) >= 11 is 7.88. The van der Waals surface area contributed by atoms with Crippen molar-refractivity contribution >= 4 is 47.0 Å². The first kappa shape index (κ1) is 28.6. The highest BCUT2D eigenvalue weighted by Gasteiger charge is 2.54. The summed E-state index contributed by atoms with van der Waals surface area (Å²) in [5.41, 5.74) is 0.909. The van der Waals surface area contributed by atoms with Crippen molar-refractivity contribution < 1.29 is 33.3 Å². The third kappa shape index (κ3) is 6.65. The van der Waals surface area contributed by atoms with Gasteiger partial charge in [-0.1, -0.05) is 25.4 Å². The first-order chi connectivity index (χ1) is 17.0. The van der Waals surface area contributed by atoms with Crippen LogP contribution in [0.4, 0.5) is 5.69 Å². The number of nitrogens with zero attached hydrogens (tertiary/aromatic N) is 2. The molecule has 2 heterocycles. The first-order valence-electron chi connectivity index (χ1n) is 12.2. The van der Waals surface area contributed by atoms with E-state index in [1.165, 1.54) is 32.5 Å². The number of benzene rings is 1. The highest BCUT2D eigenvalue weighted by Crippen LogP contribution is 2.48. The minimum atomic E-state index is -0.949. The lowest BCUT2D eigenvalue weighted by Crippen LogP contribution is -2.66. The molecule has 1 saturated heterocycles. The van der Waals surface area contributed by atoms with Gasteiger partial charge in [0.25, 0.3) is 0 Å². The Balaban J connectivity index is 2.08.